The third-order valence-electron chi connectivity index (χ3n) is 15.4. The highest BCUT2D eigenvalue weighted by Crippen LogP contribution is 2.36. The lowest BCUT2D eigenvalue weighted by Crippen LogP contribution is -2.54. The molecule has 0 aromatic heterocycles. The van der Waals surface area contributed by atoms with Crippen molar-refractivity contribution < 1.29 is 38.0 Å². The zero-order chi connectivity index (χ0) is 53.0. The molecule has 1 amide bonds. The summed E-state index contributed by atoms with van der Waals surface area (Å²) in [7, 11) is 0. The molecule has 0 saturated carbocycles. The van der Waals surface area contributed by atoms with E-state index in [1.54, 1.807) is 0 Å². The Kier molecular flexibility index (Phi) is 31.3. The van der Waals surface area contributed by atoms with Gasteiger partial charge in [-0.25, -0.2) is 0 Å². The maximum atomic E-state index is 14.2. The molecule has 9 heteroatoms. The average Bonchev–Trinajstić information content (AvgIpc) is 3.44. The Balaban J connectivity index is 1.24. The number of carbonyl (C=O) groups excluding carboxylic acids is 2. The largest absolute Gasteiger partial charge is 0.461 e. The average molecular weight is 1030 g/mol. The highest BCUT2D eigenvalue weighted by Gasteiger charge is 2.41. The zero-order valence-electron chi connectivity index (χ0n) is 46.7. The van der Waals surface area contributed by atoms with Crippen LogP contribution in [-0.2, 0) is 64.4 Å². The van der Waals surface area contributed by atoms with Crippen LogP contribution in [0, 0.1) is 17.8 Å². The van der Waals surface area contributed by atoms with Gasteiger partial charge < -0.3 is 33.7 Å². The molecule has 0 bridgehead atoms. The summed E-state index contributed by atoms with van der Waals surface area (Å²) in [5.41, 5.74) is 4.30. The molecule has 0 radical (unpaired) electrons. The molecule has 1 saturated heterocycles. The number of hydrogen-bond acceptors (Lipinski definition) is 8. The van der Waals surface area contributed by atoms with Crippen molar-refractivity contribution in [2.45, 2.75) is 226 Å². The maximum Gasteiger partial charge on any atom is 0.306 e. The number of hydrogen-bond donors (Lipinski definition) is 1. The Morgan fingerprint density at radius 2 is 0.960 bits per heavy atom. The normalized spacial score (nSPS) is 18.8. The summed E-state index contributed by atoms with van der Waals surface area (Å²) in [6.07, 6.45) is 22.2. The Hall–Kier alpha value is -4.38. The molecule has 4 aromatic carbocycles. The number of rotatable bonds is 41. The summed E-state index contributed by atoms with van der Waals surface area (Å²) in [5.74, 6) is 0.558. The van der Waals surface area contributed by atoms with Crippen LogP contribution in [0.25, 0.3) is 0 Å². The minimum atomic E-state index is -0.503. The molecule has 5 rings (SSSR count). The van der Waals surface area contributed by atoms with Crippen molar-refractivity contribution in [2.75, 3.05) is 13.2 Å². The molecule has 9 nitrogen and oxygen atoms in total. The zero-order valence-corrected chi connectivity index (χ0v) is 46.7. The van der Waals surface area contributed by atoms with Crippen molar-refractivity contribution in [1.82, 2.24) is 5.32 Å². The van der Waals surface area contributed by atoms with Gasteiger partial charge in [0.2, 0.25) is 5.91 Å². The van der Waals surface area contributed by atoms with E-state index in [1.807, 2.05) is 72.8 Å². The molecule has 2 unspecified atom stereocenters. The number of ether oxygens (including phenoxy) is 6. The van der Waals surface area contributed by atoms with Crippen LogP contribution in [0.2, 0.25) is 0 Å². The van der Waals surface area contributed by atoms with Crippen LogP contribution in [0.1, 0.15) is 191 Å². The number of esters is 1. The number of carbonyl (C=O) groups is 2. The summed E-state index contributed by atoms with van der Waals surface area (Å²) in [4.78, 5) is 26.5. The summed E-state index contributed by atoms with van der Waals surface area (Å²) >= 11 is 0. The second kappa shape index (κ2) is 38.2. The highest BCUT2D eigenvalue weighted by molar-refractivity contribution is 5.76. The summed E-state index contributed by atoms with van der Waals surface area (Å²) in [6.45, 7) is 11.4. The van der Waals surface area contributed by atoms with E-state index in [0.717, 1.165) is 86.5 Å². The van der Waals surface area contributed by atoms with E-state index in [0.29, 0.717) is 51.8 Å². The predicted molar refractivity (Wildman–Crippen MR) is 304 cm³/mol. The van der Waals surface area contributed by atoms with Crippen molar-refractivity contribution in [2.24, 2.45) is 17.8 Å². The number of nitrogens with one attached hydrogen (secondary N) is 1. The van der Waals surface area contributed by atoms with E-state index >= 15 is 0 Å². The smallest absolute Gasteiger partial charge is 0.306 e. The van der Waals surface area contributed by atoms with Crippen LogP contribution < -0.4 is 5.32 Å². The van der Waals surface area contributed by atoms with Crippen molar-refractivity contribution in [1.29, 1.82) is 0 Å². The molecule has 1 N–H and O–H groups in total. The number of benzene rings is 4. The molecule has 75 heavy (non-hydrogen) atoms. The maximum absolute atomic E-state index is 14.2. The standard InChI is InChI=1S/C66H97NO8/c1-5-6-7-8-9-10-11-12-13-15-18-33-44-61(71-48-57-38-27-22-28-39-57)65(73-50-59-42-31-24-32-43-59)60(51-74-66-55(4)53(2)54(3)62(75-66)52-70-47-56-36-25-21-26-37-56)67-63(68)45-34-19-16-14-17-20-35-46-64(69)72-49-58-40-29-23-30-41-58/h21-32,36-43,53-55,60-62,65-66H,5-20,33-35,44-52H2,1-4H3,(H,67,68)/t53-,54+,55?,60-,61+,62?,65-,66-/m0/s1. The van der Waals surface area contributed by atoms with E-state index in [2.05, 4.69) is 81.5 Å². The molecule has 8 atom stereocenters. The SMILES string of the molecule is CCCCCCCCCCCCCC[C@@H](OCc1ccccc1)[C@@H](OCc1ccccc1)[C@H](CO[C@H]1OC(COCc2ccccc2)[C@H](C)[C@H](C)C1C)NC(=O)CCCCCCCCCC(=O)OCc1ccccc1. The molecule has 0 aliphatic carbocycles. The van der Waals surface area contributed by atoms with Crippen molar-refractivity contribution in [3.8, 4) is 0 Å². The van der Waals surface area contributed by atoms with E-state index in [9.17, 15) is 9.59 Å². The second-order valence-corrected chi connectivity index (χ2v) is 21.5. The van der Waals surface area contributed by atoms with Crippen molar-refractivity contribution in [3.63, 3.8) is 0 Å². The fourth-order valence-electron chi connectivity index (χ4n) is 10.2. The van der Waals surface area contributed by atoms with Gasteiger partial charge in [-0.15, -0.1) is 0 Å². The van der Waals surface area contributed by atoms with Crippen LogP contribution in [-0.4, -0.2) is 55.7 Å². The summed E-state index contributed by atoms with van der Waals surface area (Å²) in [5, 5.41) is 3.47. The van der Waals surface area contributed by atoms with Crippen LogP contribution in [0.15, 0.2) is 121 Å². The third-order valence-corrected chi connectivity index (χ3v) is 15.4. The minimum absolute atomic E-state index is 0.00936. The molecule has 1 aliphatic heterocycles. The molecule has 1 fully saturated rings. The second-order valence-electron chi connectivity index (χ2n) is 21.5. The van der Waals surface area contributed by atoms with E-state index < -0.39 is 18.4 Å². The van der Waals surface area contributed by atoms with Crippen LogP contribution >= 0.6 is 0 Å². The molecular formula is C66H97NO8. The Bertz CT molecular complexity index is 2020. The number of unbranched alkanes of at least 4 members (excludes halogenated alkanes) is 17. The van der Waals surface area contributed by atoms with Crippen molar-refractivity contribution in [3.05, 3.63) is 144 Å². The first-order valence-electron chi connectivity index (χ1n) is 29.5. The van der Waals surface area contributed by atoms with Crippen LogP contribution in [0.3, 0.4) is 0 Å². The topological polar surface area (TPSA) is 102 Å². The fraction of sp³-hybridized carbons (Fsp3) is 0.606. The van der Waals surface area contributed by atoms with Crippen molar-refractivity contribution >= 4 is 11.9 Å². The lowest BCUT2D eigenvalue weighted by Gasteiger charge is -2.44. The first kappa shape index (κ1) is 61.5. The lowest BCUT2D eigenvalue weighted by atomic mass is 9.79. The van der Waals surface area contributed by atoms with E-state index in [1.165, 1.54) is 64.2 Å². The van der Waals surface area contributed by atoms with Gasteiger partial charge in [0.05, 0.1) is 51.3 Å². The van der Waals surface area contributed by atoms with Gasteiger partial charge in [-0.2, -0.15) is 0 Å². The summed E-state index contributed by atoms with van der Waals surface area (Å²) in [6, 6.07) is 40.2. The summed E-state index contributed by atoms with van der Waals surface area (Å²) < 4.78 is 39.5. The van der Waals surface area contributed by atoms with Gasteiger partial charge in [-0.1, -0.05) is 258 Å². The Morgan fingerprint density at radius 3 is 1.49 bits per heavy atom. The fourth-order valence-corrected chi connectivity index (χ4v) is 10.2. The molecule has 4 aromatic rings. The highest BCUT2D eigenvalue weighted by atomic mass is 16.7. The van der Waals surface area contributed by atoms with E-state index in [4.69, 9.17) is 28.4 Å². The van der Waals surface area contributed by atoms with E-state index in [-0.39, 0.29) is 42.5 Å². The van der Waals surface area contributed by atoms with Crippen LogP contribution in [0.4, 0.5) is 0 Å². The molecule has 414 valence electrons. The Labute approximate surface area is 453 Å². The van der Waals surface area contributed by atoms with Gasteiger partial charge in [-0.05, 0) is 53.4 Å². The lowest BCUT2D eigenvalue weighted by molar-refractivity contribution is -0.262. The van der Waals surface area contributed by atoms with Crippen LogP contribution in [0.5, 0.6) is 0 Å². The molecule has 1 aliphatic rings. The first-order valence-corrected chi connectivity index (χ1v) is 29.5. The van der Waals surface area contributed by atoms with Gasteiger partial charge in [0, 0.05) is 18.8 Å². The molecule has 0 spiro atoms. The molecular weight excluding hydrogens is 935 g/mol. The van der Waals surface area contributed by atoms with Gasteiger partial charge in [-0.3, -0.25) is 9.59 Å². The quantitative estimate of drug-likeness (QED) is 0.0346. The monoisotopic (exact) mass is 1030 g/mol. The third kappa shape index (κ3) is 25.6. The van der Waals surface area contributed by atoms with Gasteiger partial charge in [0.25, 0.3) is 0 Å². The first-order chi connectivity index (χ1) is 36.8. The van der Waals surface area contributed by atoms with Gasteiger partial charge in [0.15, 0.2) is 6.29 Å². The Morgan fingerprint density at radius 1 is 0.507 bits per heavy atom. The predicted octanol–water partition coefficient (Wildman–Crippen LogP) is 15.9. The van der Waals surface area contributed by atoms with Gasteiger partial charge in [0.1, 0.15) is 12.7 Å². The minimum Gasteiger partial charge on any atom is -0.461 e. The number of amides is 1. The van der Waals surface area contributed by atoms with Gasteiger partial charge >= 0.3 is 5.97 Å². The molecule has 1 heterocycles.